The number of carboxylic acids is 1. The molecule has 34 heavy (non-hydrogen) atoms. The molecule has 5 nitrogen and oxygen atoms in total. The number of hydrogen-bond acceptors (Lipinski definition) is 4. The minimum Gasteiger partial charge on any atom is -0.481 e. The molecule has 192 valence electrons. The molecule has 5 rings (SSSR count). The van der Waals surface area contributed by atoms with E-state index in [1.54, 1.807) is 0 Å². The second-order valence-electron chi connectivity index (χ2n) is 13.1. The van der Waals surface area contributed by atoms with Crippen LogP contribution in [0.25, 0.3) is 0 Å². The van der Waals surface area contributed by atoms with Gasteiger partial charge in [0.25, 0.3) is 0 Å². The van der Waals surface area contributed by atoms with Crippen LogP contribution in [0.15, 0.2) is 0 Å². The van der Waals surface area contributed by atoms with Crippen molar-refractivity contribution in [2.24, 2.45) is 46.3 Å². The van der Waals surface area contributed by atoms with E-state index in [9.17, 15) is 14.7 Å². The number of carbonyl (C=O) groups is 2. The third-order valence-electron chi connectivity index (χ3n) is 11.5. The van der Waals surface area contributed by atoms with Crippen LogP contribution in [0.3, 0.4) is 0 Å². The Balaban J connectivity index is 1.28. The van der Waals surface area contributed by atoms with Crippen LogP contribution >= 0.6 is 0 Å². The van der Waals surface area contributed by atoms with Crippen molar-refractivity contribution >= 4 is 11.8 Å². The van der Waals surface area contributed by atoms with Crippen molar-refractivity contribution in [2.45, 2.75) is 117 Å². The van der Waals surface area contributed by atoms with E-state index in [1.165, 1.54) is 19.3 Å². The van der Waals surface area contributed by atoms with Crippen LogP contribution < -0.4 is 0 Å². The maximum absolute atomic E-state index is 13.8. The van der Waals surface area contributed by atoms with Crippen molar-refractivity contribution in [1.82, 2.24) is 0 Å². The number of fused-ring (bicyclic) bond motifs is 5. The third kappa shape index (κ3) is 4.27. The Morgan fingerprint density at radius 1 is 1.09 bits per heavy atom. The van der Waals surface area contributed by atoms with E-state index in [0.717, 1.165) is 64.4 Å². The van der Waals surface area contributed by atoms with Gasteiger partial charge in [0.05, 0.1) is 6.10 Å². The largest absolute Gasteiger partial charge is 0.481 e. The molecular weight excluding hydrogens is 428 g/mol. The second kappa shape index (κ2) is 9.50. The van der Waals surface area contributed by atoms with Crippen LogP contribution in [-0.2, 0) is 19.1 Å². The normalized spacial score (nSPS) is 47.4. The maximum Gasteiger partial charge on any atom is 0.303 e. The van der Waals surface area contributed by atoms with Crippen molar-refractivity contribution in [3.8, 4) is 0 Å². The average Bonchev–Trinajstić information content (AvgIpc) is 3.16. The lowest BCUT2D eigenvalue weighted by molar-refractivity contribution is -0.211. The number of carbonyl (C=O) groups excluding carboxylic acids is 1. The molecule has 5 fully saturated rings. The number of carboxylic acid groups (broad SMARTS) is 1. The van der Waals surface area contributed by atoms with E-state index in [1.807, 2.05) is 0 Å². The van der Waals surface area contributed by atoms with Crippen molar-refractivity contribution < 1.29 is 24.2 Å². The molecule has 1 saturated heterocycles. The molecule has 4 unspecified atom stereocenters. The average molecular weight is 475 g/mol. The van der Waals surface area contributed by atoms with Crippen LogP contribution in [0.5, 0.6) is 0 Å². The Morgan fingerprint density at radius 3 is 2.59 bits per heavy atom. The van der Waals surface area contributed by atoms with E-state index in [2.05, 4.69) is 20.8 Å². The maximum atomic E-state index is 13.8. The monoisotopic (exact) mass is 474 g/mol. The molecule has 0 spiro atoms. The Labute approximate surface area is 205 Å². The molecule has 0 aromatic carbocycles. The first-order valence-electron chi connectivity index (χ1n) is 14.2. The molecule has 0 amide bonds. The predicted octanol–water partition coefficient (Wildman–Crippen LogP) is 6.24. The zero-order valence-electron chi connectivity index (χ0n) is 21.6. The smallest absolute Gasteiger partial charge is 0.303 e. The minimum atomic E-state index is -0.689. The topological polar surface area (TPSA) is 72.8 Å². The van der Waals surface area contributed by atoms with Gasteiger partial charge in [-0.15, -0.1) is 0 Å². The van der Waals surface area contributed by atoms with Gasteiger partial charge in [-0.25, -0.2) is 0 Å². The van der Waals surface area contributed by atoms with E-state index in [-0.39, 0.29) is 35.6 Å². The van der Waals surface area contributed by atoms with E-state index >= 15 is 0 Å². The van der Waals surface area contributed by atoms with Crippen molar-refractivity contribution in [1.29, 1.82) is 0 Å². The summed E-state index contributed by atoms with van der Waals surface area (Å²) in [5.41, 5.74) is 0.441. The molecule has 5 heteroatoms. The second-order valence-corrected chi connectivity index (χ2v) is 13.1. The van der Waals surface area contributed by atoms with Gasteiger partial charge in [-0.05, 0) is 111 Å². The van der Waals surface area contributed by atoms with E-state index < -0.39 is 5.97 Å². The molecule has 5 aliphatic rings. The molecule has 4 saturated carbocycles. The van der Waals surface area contributed by atoms with Crippen molar-refractivity contribution in [3.05, 3.63) is 0 Å². The SMILES string of the molecule is C[C@H](CCC(=O)O)[C@H]1CCC2C3C(=O)C[C@@H]4C[C@H](OC5CCCCO5)CC[C@]4(C)C3CC[C@@]21C. The van der Waals surface area contributed by atoms with E-state index in [0.29, 0.717) is 35.4 Å². The van der Waals surface area contributed by atoms with Gasteiger partial charge in [0.15, 0.2) is 6.29 Å². The van der Waals surface area contributed by atoms with Crippen LogP contribution in [0.4, 0.5) is 0 Å². The summed E-state index contributed by atoms with van der Waals surface area (Å²) < 4.78 is 12.2. The molecule has 4 aliphatic carbocycles. The van der Waals surface area contributed by atoms with E-state index in [4.69, 9.17) is 9.47 Å². The molecule has 10 atom stereocenters. The molecule has 1 N–H and O–H groups in total. The standard InChI is InChI=1S/C29H46O5/c1-18(7-10-25(31)32)21-8-9-22-27-23(12-14-29(21,22)3)28(2)13-11-20(16-19(28)17-24(27)30)34-26-6-4-5-15-33-26/h18-23,26-27H,4-17H2,1-3H3,(H,31,32)/t18-,19+,20-,21-,22?,23?,26?,27?,28+,29-/m1/s1. The van der Waals surface area contributed by atoms with Crippen molar-refractivity contribution in [3.63, 3.8) is 0 Å². The van der Waals surface area contributed by atoms with Gasteiger partial charge in [-0.2, -0.15) is 0 Å². The first-order valence-corrected chi connectivity index (χ1v) is 14.2. The molecule has 0 bridgehead atoms. The van der Waals surface area contributed by atoms with Gasteiger partial charge in [-0.1, -0.05) is 20.8 Å². The number of rotatable bonds is 6. The zero-order chi connectivity index (χ0) is 24.1. The quantitative estimate of drug-likeness (QED) is 0.462. The van der Waals surface area contributed by atoms with Gasteiger partial charge in [0, 0.05) is 25.4 Å². The summed E-state index contributed by atoms with van der Waals surface area (Å²) in [6.45, 7) is 8.01. The van der Waals surface area contributed by atoms with Crippen molar-refractivity contribution in [2.75, 3.05) is 6.61 Å². The summed E-state index contributed by atoms with van der Waals surface area (Å²) in [5.74, 6) is 2.46. The zero-order valence-corrected chi connectivity index (χ0v) is 21.6. The lowest BCUT2D eigenvalue weighted by Crippen LogP contribution is -2.57. The Kier molecular flexibility index (Phi) is 6.91. The molecular formula is C29H46O5. The fourth-order valence-corrected chi connectivity index (χ4v) is 9.58. The molecule has 0 aromatic heterocycles. The fraction of sp³-hybridized carbons (Fsp3) is 0.931. The highest BCUT2D eigenvalue weighted by Crippen LogP contribution is 2.67. The highest BCUT2D eigenvalue weighted by molar-refractivity contribution is 5.83. The lowest BCUT2D eigenvalue weighted by Gasteiger charge is -2.60. The van der Waals surface area contributed by atoms with Crippen LogP contribution in [0, 0.1) is 46.3 Å². The Bertz CT molecular complexity index is 774. The third-order valence-corrected chi connectivity index (χ3v) is 11.5. The number of aliphatic carboxylic acids is 1. The summed E-state index contributed by atoms with van der Waals surface area (Å²) in [6, 6.07) is 0. The highest BCUT2D eigenvalue weighted by Gasteiger charge is 2.63. The van der Waals surface area contributed by atoms with Gasteiger partial charge >= 0.3 is 5.97 Å². The summed E-state index contributed by atoms with van der Waals surface area (Å²) in [7, 11) is 0. The predicted molar refractivity (Wildman–Crippen MR) is 130 cm³/mol. The van der Waals surface area contributed by atoms with Gasteiger partial charge in [-0.3, -0.25) is 9.59 Å². The highest BCUT2D eigenvalue weighted by atomic mass is 16.7. The van der Waals surface area contributed by atoms with Gasteiger partial charge in [0.2, 0.25) is 0 Å². The van der Waals surface area contributed by atoms with Gasteiger partial charge < -0.3 is 14.6 Å². The summed E-state index contributed by atoms with van der Waals surface area (Å²) in [4.78, 5) is 24.9. The summed E-state index contributed by atoms with van der Waals surface area (Å²) >= 11 is 0. The molecule has 1 heterocycles. The van der Waals surface area contributed by atoms with Crippen LogP contribution in [-0.4, -0.2) is 35.9 Å². The number of hydrogen-bond donors (Lipinski definition) is 1. The molecule has 0 aromatic rings. The van der Waals surface area contributed by atoms with Crippen LogP contribution in [0.1, 0.15) is 104 Å². The summed E-state index contributed by atoms with van der Waals surface area (Å²) in [5, 5.41) is 9.18. The summed E-state index contributed by atoms with van der Waals surface area (Å²) in [6.07, 6.45) is 13.3. The Hall–Kier alpha value is -0.940. The first-order chi connectivity index (χ1) is 16.2. The molecule has 0 radical (unpaired) electrons. The minimum absolute atomic E-state index is 0.0379. The Morgan fingerprint density at radius 2 is 1.85 bits per heavy atom. The van der Waals surface area contributed by atoms with Crippen LogP contribution in [0.2, 0.25) is 0 Å². The van der Waals surface area contributed by atoms with Gasteiger partial charge in [0.1, 0.15) is 5.78 Å². The molecule has 1 aliphatic heterocycles. The number of Topliss-reactive ketones (excluding diaryl/α,β-unsaturated/α-hetero) is 1. The fourth-order valence-electron chi connectivity index (χ4n) is 9.58. The first kappa shape index (κ1) is 24.7. The number of ketones is 1. The number of ether oxygens (including phenoxy) is 2. The lowest BCUT2D eigenvalue weighted by atomic mass is 9.44.